The van der Waals surface area contributed by atoms with E-state index in [0.717, 1.165) is 0 Å². The van der Waals surface area contributed by atoms with Gasteiger partial charge in [-0.25, -0.2) is 13.4 Å². The first-order valence-electron chi connectivity index (χ1n) is 5.16. The largest absolute Gasteiger partial charge is 0.399 e. The summed E-state index contributed by atoms with van der Waals surface area (Å²) < 4.78 is 26.0. The third kappa shape index (κ3) is 3.42. The molecule has 3 N–H and O–H groups in total. The average molecular weight is 264 g/mol. The van der Waals surface area contributed by atoms with Gasteiger partial charge in [0, 0.05) is 18.1 Å². The zero-order chi connectivity index (χ0) is 13.0. The number of benzene rings is 1. The molecule has 0 fully saturated rings. The van der Waals surface area contributed by atoms with Gasteiger partial charge in [-0.2, -0.15) is 0 Å². The van der Waals surface area contributed by atoms with Crippen LogP contribution < -0.4 is 10.5 Å². The molecule has 0 atom stereocenters. The molecule has 0 aliphatic heterocycles. The van der Waals surface area contributed by atoms with Crippen molar-refractivity contribution in [1.29, 1.82) is 0 Å². The van der Waals surface area contributed by atoms with Gasteiger partial charge in [-0.15, -0.1) is 0 Å². The van der Waals surface area contributed by atoms with E-state index >= 15 is 0 Å². The van der Waals surface area contributed by atoms with Crippen molar-refractivity contribution in [3.05, 3.63) is 48.4 Å². The van der Waals surface area contributed by atoms with E-state index in [9.17, 15) is 8.42 Å². The average Bonchev–Trinajstić information content (AvgIpc) is 2.32. The number of nitrogens with one attached hydrogen (secondary N) is 1. The van der Waals surface area contributed by atoms with Gasteiger partial charge in [0.25, 0.3) is 0 Å². The Morgan fingerprint density at radius 3 is 2.50 bits per heavy atom. The van der Waals surface area contributed by atoms with E-state index in [1.807, 2.05) is 0 Å². The standard InChI is InChI=1S/C11H12N4O2S/c12-10-3-1-9(2-4-10)8-18(16,17)15-11-7-13-5-6-14-11/h1-7H,8,12H2,(H,14,15). The van der Waals surface area contributed by atoms with E-state index in [1.165, 1.54) is 18.6 Å². The summed E-state index contributed by atoms with van der Waals surface area (Å²) in [6, 6.07) is 6.66. The number of hydrogen-bond acceptors (Lipinski definition) is 5. The van der Waals surface area contributed by atoms with Crippen LogP contribution >= 0.6 is 0 Å². The van der Waals surface area contributed by atoms with Gasteiger partial charge in [0.2, 0.25) is 10.0 Å². The molecule has 0 spiro atoms. The van der Waals surface area contributed by atoms with Crippen LogP contribution in [0.4, 0.5) is 11.5 Å². The zero-order valence-electron chi connectivity index (χ0n) is 9.45. The van der Waals surface area contributed by atoms with Crippen molar-refractivity contribution >= 4 is 21.5 Å². The molecule has 0 amide bonds. The fourth-order valence-electron chi connectivity index (χ4n) is 1.38. The minimum atomic E-state index is -3.49. The Morgan fingerprint density at radius 1 is 1.17 bits per heavy atom. The van der Waals surface area contributed by atoms with Crippen molar-refractivity contribution in [3.8, 4) is 0 Å². The fraction of sp³-hybridized carbons (Fsp3) is 0.0909. The Balaban J connectivity index is 2.10. The van der Waals surface area contributed by atoms with E-state index in [1.54, 1.807) is 24.3 Å². The van der Waals surface area contributed by atoms with Gasteiger partial charge >= 0.3 is 0 Å². The van der Waals surface area contributed by atoms with Crippen molar-refractivity contribution in [2.24, 2.45) is 0 Å². The number of anilines is 2. The van der Waals surface area contributed by atoms with Crippen LogP contribution in [0.1, 0.15) is 5.56 Å². The minimum Gasteiger partial charge on any atom is -0.399 e. The van der Waals surface area contributed by atoms with Crippen LogP contribution in [0.25, 0.3) is 0 Å². The van der Waals surface area contributed by atoms with Crippen LogP contribution in [0.15, 0.2) is 42.9 Å². The lowest BCUT2D eigenvalue weighted by atomic mass is 10.2. The summed E-state index contributed by atoms with van der Waals surface area (Å²) in [5.41, 5.74) is 6.78. The fourth-order valence-corrected chi connectivity index (χ4v) is 2.51. The second kappa shape index (κ2) is 5.01. The molecule has 0 saturated heterocycles. The predicted octanol–water partition coefficient (Wildman–Crippen LogP) is 1.00. The molecule has 1 aromatic heterocycles. The maximum Gasteiger partial charge on any atom is 0.238 e. The molecule has 1 heterocycles. The molecule has 6 nitrogen and oxygen atoms in total. The van der Waals surface area contributed by atoms with Gasteiger partial charge < -0.3 is 5.73 Å². The van der Waals surface area contributed by atoms with Crippen LogP contribution in [0.2, 0.25) is 0 Å². The predicted molar refractivity (Wildman–Crippen MR) is 69.1 cm³/mol. The topological polar surface area (TPSA) is 98.0 Å². The summed E-state index contributed by atoms with van der Waals surface area (Å²) in [6.07, 6.45) is 4.24. The Kier molecular flexibility index (Phi) is 3.42. The molecule has 2 rings (SSSR count). The zero-order valence-corrected chi connectivity index (χ0v) is 10.3. The highest BCUT2D eigenvalue weighted by atomic mass is 32.2. The molecule has 2 aromatic rings. The minimum absolute atomic E-state index is 0.135. The lowest BCUT2D eigenvalue weighted by Crippen LogP contribution is -2.16. The Labute approximate surface area is 105 Å². The quantitative estimate of drug-likeness (QED) is 0.803. The number of hydrogen-bond donors (Lipinski definition) is 2. The van der Waals surface area contributed by atoms with Crippen LogP contribution in [-0.2, 0) is 15.8 Å². The maximum absolute atomic E-state index is 11.8. The van der Waals surface area contributed by atoms with Crippen LogP contribution in [0.5, 0.6) is 0 Å². The van der Waals surface area contributed by atoms with Crippen molar-refractivity contribution in [3.63, 3.8) is 0 Å². The summed E-state index contributed by atoms with van der Waals surface area (Å²) in [4.78, 5) is 7.63. The molecule has 1 aromatic carbocycles. The summed E-state index contributed by atoms with van der Waals surface area (Å²) in [5, 5.41) is 0. The number of rotatable bonds is 4. The van der Waals surface area contributed by atoms with E-state index < -0.39 is 10.0 Å². The smallest absolute Gasteiger partial charge is 0.238 e. The van der Waals surface area contributed by atoms with Gasteiger partial charge in [0.15, 0.2) is 5.82 Å². The maximum atomic E-state index is 11.8. The first-order chi connectivity index (χ1) is 8.55. The Hall–Kier alpha value is -2.15. The Morgan fingerprint density at radius 2 is 1.89 bits per heavy atom. The number of nitrogen functional groups attached to an aromatic ring is 1. The van der Waals surface area contributed by atoms with Gasteiger partial charge in [-0.1, -0.05) is 12.1 Å². The molecular formula is C11H12N4O2S. The van der Waals surface area contributed by atoms with Gasteiger partial charge in [0.1, 0.15) is 0 Å². The molecule has 94 valence electrons. The van der Waals surface area contributed by atoms with E-state index in [0.29, 0.717) is 11.3 Å². The first kappa shape index (κ1) is 12.3. The number of aromatic nitrogens is 2. The lowest BCUT2D eigenvalue weighted by molar-refractivity contribution is 0.600. The molecule has 0 bridgehead atoms. The lowest BCUT2D eigenvalue weighted by Gasteiger charge is -2.06. The molecule has 0 radical (unpaired) electrons. The summed E-state index contributed by atoms with van der Waals surface area (Å²) in [7, 11) is -3.49. The van der Waals surface area contributed by atoms with Crippen molar-refractivity contribution in [2.75, 3.05) is 10.5 Å². The monoisotopic (exact) mass is 264 g/mol. The van der Waals surface area contributed by atoms with E-state index in [2.05, 4.69) is 14.7 Å². The van der Waals surface area contributed by atoms with Crippen LogP contribution in [0.3, 0.4) is 0 Å². The van der Waals surface area contributed by atoms with Gasteiger partial charge in [-0.05, 0) is 17.7 Å². The van der Waals surface area contributed by atoms with Crippen molar-refractivity contribution < 1.29 is 8.42 Å². The second-order valence-electron chi connectivity index (χ2n) is 3.69. The molecule has 7 heteroatoms. The molecule has 0 aliphatic rings. The third-order valence-corrected chi connectivity index (χ3v) is 3.39. The molecule has 0 saturated carbocycles. The normalized spacial score (nSPS) is 11.1. The van der Waals surface area contributed by atoms with Crippen molar-refractivity contribution in [2.45, 2.75) is 5.75 Å². The number of sulfonamides is 1. The summed E-state index contributed by atoms with van der Waals surface area (Å²) in [6.45, 7) is 0. The van der Waals surface area contributed by atoms with Crippen molar-refractivity contribution in [1.82, 2.24) is 9.97 Å². The van der Waals surface area contributed by atoms with Gasteiger partial charge in [0.05, 0.1) is 11.9 Å². The summed E-state index contributed by atoms with van der Waals surface area (Å²) >= 11 is 0. The van der Waals surface area contributed by atoms with Crippen LogP contribution in [0, 0.1) is 0 Å². The molecule has 0 unspecified atom stereocenters. The molecular weight excluding hydrogens is 252 g/mol. The molecule has 18 heavy (non-hydrogen) atoms. The third-order valence-electron chi connectivity index (χ3n) is 2.16. The number of nitrogens with two attached hydrogens (primary N) is 1. The number of nitrogens with zero attached hydrogens (tertiary/aromatic N) is 2. The highest BCUT2D eigenvalue weighted by Gasteiger charge is 2.12. The Bertz CT molecular complexity index is 611. The highest BCUT2D eigenvalue weighted by molar-refractivity contribution is 7.91. The summed E-state index contributed by atoms with van der Waals surface area (Å²) in [5.74, 6) is 0.0667. The SMILES string of the molecule is Nc1ccc(CS(=O)(=O)Nc2cnccn2)cc1. The second-order valence-corrected chi connectivity index (χ2v) is 5.42. The molecule has 0 aliphatic carbocycles. The van der Waals surface area contributed by atoms with E-state index in [4.69, 9.17) is 5.73 Å². The van der Waals surface area contributed by atoms with Crippen LogP contribution in [-0.4, -0.2) is 18.4 Å². The highest BCUT2D eigenvalue weighted by Crippen LogP contribution is 2.11. The van der Waals surface area contributed by atoms with Gasteiger partial charge in [-0.3, -0.25) is 9.71 Å². The van der Waals surface area contributed by atoms with E-state index in [-0.39, 0.29) is 11.6 Å². The first-order valence-corrected chi connectivity index (χ1v) is 6.81.